The third-order valence-corrected chi connectivity index (χ3v) is 6.76. The van der Waals surface area contributed by atoms with Gasteiger partial charge in [0.2, 0.25) is 10.0 Å². The molecule has 2 rings (SSSR count). The lowest BCUT2D eigenvalue weighted by molar-refractivity contribution is 0.0916. The van der Waals surface area contributed by atoms with Gasteiger partial charge in [-0.3, -0.25) is 0 Å². The second kappa shape index (κ2) is 7.69. The van der Waals surface area contributed by atoms with E-state index >= 15 is 0 Å². The lowest BCUT2D eigenvalue weighted by atomic mass is 10.2. The van der Waals surface area contributed by atoms with Crippen LogP contribution in [0.15, 0.2) is 16.3 Å². The topological polar surface area (TPSA) is 67.4 Å². The van der Waals surface area contributed by atoms with Crippen LogP contribution in [0.4, 0.5) is 0 Å². The molecule has 0 aliphatic heterocycles. The fraction of sp³-hybridized carbons (Fsp3) is 0.714. The van der Waals surface area contributed by atoms with Crippen LogP contribution in [0.3, 0.4) is 0 Å². The molecule has 2 unspecified atom stereocenters. The van der Waals surface area contributed by atoms with Crippen LogP contribution in [0, 0.1) is 0 Å². The van der Waals surface area contributed by atoms with Gasteiger partial charge < -0.3 is 10.1 Å². The quantitative estimate of drug-likeness (QED) is 0.715. The Morgan fingerprint density at radius 1 is 1.38 bits per heavy atom. The average Bonchev–Trinajstić information content (AvgIpc) is 3.08. The number of methoxy groups -OCH3 is 1. The Labute approximate surface area is 131 Å². The molecule has 1 aliphatic carbocycles. The molecule has 0 saturated heterocycles. The molecule has 0 radical (unpaired) electrons. The van der Waals surface area contributed by atoms with Crippen LogP contribution in [-0.2, 0) is 21.3 Å². The molecule has 1 saturated carbocycles. The van der Waals surface area contributed by atoms with Crippen molar-refractivity contribution < 1.29 is 13.2 Å². The van der Waals surface area contributed by atoms with Gasteiger partial charge in [0.1, 0.15) is 4.21 Å². The summed E-state index contributed by atoms with van der Waals surface area (Å²) >= 11 is 1.33. The van der Waals surface area contributed by atoms with Crippen LogP contribution in [0.1, 0.15) is 37.5 Å². The minimum atomic E-state index is -3.44. The van der Waals surface area contributed by atoms with Gasteiger partial charge in [-0.2, -0.15) is 0 Å². The number of nitrogens with one attached hydrogen (secondary N) is 2. The molecule has 5 nitrogen and oxygen atoms in total. The van der Waals surface area contributed by atoms with Crippen molar-refractivity contribution in [2.75, 3.05) is 13.7 Å². The molecular weight excluding hydrogens is 308 g/mol. The Hall–Kier alpha value is -0.470. The van der Waals surface area contributed by atoms with E-state index in [0.29, 0.717) is 4.21 Å². The molecule has 120 valence electrons. The monoisotopic (exact) mass is 332 g/mol. The maximum Gasteiger partial charge on any atom is 0.250 e. The minimum Gasteiger partial charge on any atom is -0.380 e. The number of hydrogen-bond acceptors (Lipinski definition) is 5. The molecule has 7 heteroatoms. The molecule has 0 spiro atoms. The summed E-state index contributed by atoms with van der Waals surface area (Å²) in [7, 11) is -1.80. The van der Waals surface area contributed by atoms with Gasteiger partial charge in [0, 0.05) is 24.6 Å². The smallest absolute Gasteiger partial charge is 0.250 e. The van der Waals surface area contributed by atoms with Crippen LogP contribution in [0.25, 0.3) is 0 Å². The van der Waals surface area contributed by atoms with E-state index < -0.39 is 10.0 Å². The van der Waals surface area contributed by atoms with E-state index in [1.54, 1.807) is 13.2 Å². The lowest BCUT2D eigenvalue weighted by Gasteiger charge is -2.18. The molecule has 2 atom stereocenters. The largest absolute Gasteiger partial charge is 0.380 e. The second-order valence-corrected chi connectivity index (χ2v) is 8.44. The summed E-state index contributed by atoms with van der Waals surface area (Å²) in [6, 6.07) is 3.46. The van der Waals surface area contributed by atoms with Crippen LogP contribution in [-0.4, -0.2) is 34.2 Å². The van der Waals surface area contributed by atoms with Crippen LogP contribution >= 0.6 is 11.3 Å². The highest BCUT2D eigenvalue weighted by Crippen LogP contribution is 2.26. The van der Waals surface area contributed by atoms with E-state index in [2.05, 4.69) is 17.0 Å². The summed E-state index contributed by atoms with van der Waals surface area (Å²) in [5.41, 5.74) is 0. The molecule has 0 bridgehead atoms. The summed E-state index contributed by atoms with van der Waals surface area (Å²) in [6.45, 7) is 3.77. The SMILES string of the molecule is CCCNCc1ccc(S(=O)(=O)NC2CCCC2OC)s1. The molecule has 21 heavy (non-hydrogen) atoms. The predicted molar refractivity (Wildman–Crippen MR) is 85.1 cm³/mol. The summed E-state index contributed by atoms with van der Waals surface area (Å²) in [5, 5.41) is 3.28. The Balaban J connectivity index is 1.99. The van der Waals surface area contributed by atoms with Crippen LogP contribution in [0.2, 0.25) is 0 Å². The highest BCUT2D eigenvalue weighted by Gasteiger charge is 2.31. The van der Waals surface area contributed by atoms with Gasteiger partial charge in [-0.1, -0.05) is 6.92 Å². The third kappa shape index (κ3) is 4.50. The molecule has 1 heterocycles. The molecule has 2 N–H and O–H groups in total. The Morgan fingerprint density at radius 2 is 2.19 bits per heavy atom. The van der Waals surface area contributed by atoms with Crippen molar-refractivity contribution in [1.82, 2.24) is 10.0 Å². The zero-order chi connectivity index (χ0) is 15.3. The van der Waals surface area contributed by atoms with Gasteiger partial charge in [0.05, 0.1) is 6.10 Å². The average molecular weight is 332 g/mol. The van der Waals surface area contributed by atoms with Crippen molar-refractivity contribution >= 4 is 21.4 Å². The minimum absolute atomic E-state index is 0.00886. The number of hydrogen-bond donors (Lipinski definition) is 2. The van der Waals surface area contributed by atoms with Gasteiger partial charge in [-0.25, -0.2) is 13.1 Å². The number of rotatable bonds is 8. The summed E-state index contributed by atoms with van der Waals surface area (Å²) in [6.07, 6.45) is 3.82. The van der Waals surface area contributed by atoms with Crippen molar-refractivity contribution in [2.45, 2.75) is 55.5 Å². The molecular formula is C14H24N2O3S2. The summed E-state index contributed by atoms with van der Waals surface area (Å²) in [5.74, 6) is 0. The molecule has 0 aromatic carbocycles. The molecule has 1 fully saturated rings. The summed E-state index contributed by atoms with van der Waals surface area (Å²) in [4.78, 5) is 1.04. The third-order valence-electron chi connectivity index (χ3n) is 3.69. The Morgan fingerprint density at radius 3 is 2.90 bits per heavy atom. The van der Waals surface area contributed by atoms with Crippen molar-refractivity contribution in [3.63, 3.8) is 0 Å². The molecule has 1 aliphatic rings. The highest BCUT2D eigenvalue weighted by molar-refractivity contribution is 7.91. The van der Waals surface area contributed by atoms with Crippen LogP contribution < -0.4 is 10.0 Å². The first kappa shape index (κ1) is 16.9. The normalized spacial score (nSPS) is 22.8. The zero-order valence-corrected chi connectivity index (χ0v) is 14.2. The van der Waals surface area contributed by atoms with Crippen molar-refractivity contribution in [2.24, 2.45) is 0 Å². The molecule has 1 aromatic rings. The Kier molecular flexibility index (Phi) is 6.19. The maximum atomic E-state index is 12.4. The number of thiophene rings is 1. The van der Waals surface area contributed by atoms with E-state index in [0.717, 1.165) is 43.6 Å². The van der Waals surface area contributed by atoms with Crippen molar-refractivity contribution in [3.05, 3.63) is 17.0 Å². The second-order valence-electron chi connectivity index (χ2n) is 5.33. The van der Waals surface area contributed by atoms with E-state index in [9.17, 15) is 8.42 Å². The van der Waals surface area contributed by atoms with Gasteiger partial charge in [-0.15, -0.1) is 11.3 Å². The standard InChI is InChI=1S/C14H24N2O3S2/c1-3-9-15-10-11-7-8-14(20-11)21(17,18)16-12-5-4-6-13(12)19-2/h7-8,12-13,15-16H,3-6,9-10H2,1-2H3. The number of ether oxygens (including phenoxy) is 1. The van der Waals surface area contributed by atoms with E-state index in [-0.39, 0.29) is 12.1 Å². The summed E-state index contributed by atoms with van der Waals surface area (Å²) < 4.78 is 33.4. The fourth-order valence-corrected chi connectivity index (χ4v) is 5.23. The fourth-order valence-electron chi connectivity index (χ4n) is 2.59. The predicted octanol–water partition coefficient (Wildman–Crippen LogP) is 2.09. The zero-order valence-electron chi connectivity index (χ0n) is 12.6. The Bertz CT molecular complexity index is 542. The van der Waals surface area contributed by atoms with Gasteiger partial charge in [0.25, 0.3) is 0 Å². The van der Waals surface area contributed by atoms with E-state index in [1.807, 2.05) is 6.07 Å². The van der Waals surface area contributed by atoms with Crippen molar-refractivity contribution in [3.8, 4) is 0 Å². The van der Waals surface area contributed by atoms with Crippen molar-refractivity contribution in [1.29, 1.82) is 0 Å². The molecule has 0 amide bonds. The first-order valence-corrected chi connectivity index (χ1v) is 9.71. The maximum absolute atomic E-state index is 12.4. The highest BCUT2D eigenvalue weighted by atomic mass is 32.2. The molecule has 1 aromatic heterocycles. The van der Waals surface area contributed by atoms with Crippen LogP contribution in [0.5, 0.6) is 0 Å². The lowest BCUT2D eigenvalue weighted by Crippen LogP contribution is -2.40. The number of sulfonamides is 1. The van der Waals surface area contributed by atoms with Gasteiger partial charge in [-0.05, 0) is 44.4 Å². The van der Waals surface area contributed by atoms with E-state index in [1.165, 1.54) is 11.3 Å². The first-order chi connectivity index (χ1) is 10.1. The van der Waals surface area contributed by atoms with Gasteiger partial charge in [0.15, 0.2) is 0 Å². The van der Waals surface area contributed by atoms with Gasteiger partial charge >= 0.3 is 0 Å². The van der Waals surface area contributed by atoms with E-state index in [4.69, 9.17) is 4.74 Å². The first-order valence-electron chi connectivity index (χ1n) is 7.41.